The molecule has 1 aromatic rings. The molecule has 1 aliphatic rings. The molecule has 0 bridgehead atoms. The predicted octanol–water partition coefficient (Wildman–Crippen LogP) is 4.01. The van der Waals surface area contributed by atoms with Crippen LogP contribution in [0, 0.1) is 5.92 Å². The summed E-state index contributed by atoms with van der Waals surface area (Å²) in [7, 11) is 2.06. The normalized spacial score (nSPS) is 17.2. The fourth-order valence-electron chi connectivity index (χ4n) is 4.45. The van der Waals surface area contributed by atoms with E-state index in [2.05, 4.69) is 36.4 Å². The van der Waals surface area contributed by atoms with Gasteiger partial charge in [-0.3, -0.25) is 14.5 Å². The fraction of sp³-hybridized carbons (Fsp3) is 0.692. The molecule has 2 unspecified atom stereocenters. The number of aromatic hydroxyl groups is 1. The molecule has 1 saturated carbocycles. The summed E-state index contributed by atoms with van der Waals surface area (Å²) in [6.07, 6.45) is 7.07. The second-order valence-corrected chi connectivity index (χ2v) is 10.8. The first-order valence-electron chi connectivity index (χ1n) is 12.1. The Morgan fingerprint density at radius 3 is 2.19 bits per heavy atom. The number of nitrogens with one attached hydrogen (secondary N) is 2. The van der Waals surface area contributed by atoms with Gasteiger partial charge in [-0.2, -0.15) is 0 Å². The van der Waals surface area contributed by atoms with Crippen molar-refractivity contribution in [2.24, 2.45) is 5.92 Å². The number of hydrogen-bond acceptors (Lipinski definition) is 4. The van der Waals surface area contributed by atoms with Gasteiger partial charge in [0.1, 0.15) is 11.8 Å². The molecule has 3 N–H and O–H groups in total. The van der Waals surface area contributed by atoms with E-state index >= 15 is 0 Å². The molecular weight excluding hydrogens is 402 g/mol. The van der Waals surface area contributed by atoms with Crippen LogP contribution >= 0.6 is 0 Å². The lowest BCUT2D eigenvalue weighted by molar-refractivity contribution is -0.133. The first kappa shape index (κ1) is 26.2. The Morgan fingerprint density at radius 2 is 1.66 bits per heavy atom. The molecule has 0 saturated heterocycles. The number of phenolic OH excluding ortho intramolecular Hbond substituents is 1. The number of benzene rings is 1. The molecular formula is C26H43N3O3. The van der Waals surface area contributed by atoms with Gasteiger partial charge in [-0.05, 0) is 70.7 Å². The summed E-state index contributed by atoms with van der Waals surface area (Å²) < 4.78 is 0. The zero-order valence-corrected chi connectivity index (χ0v) is 20.8. The molecule has 1 aliphatic carbocycles. The third-order valence-electron chi connectivity index (χ3n) is 6.15. The monoisotopic (exact) mass is 445 g/mol. The molecule has 180 valence electrons. The lowest BCUT2D eigenvalue weighted by Gasteiger charge is -2.38. The third-order valence-corrected chi connectivity index (χ3v) is 6.15. The summed E-state index contributed by atoms with van der Waals surface area (Å²) in [6.45, 7) is 10.1. The lowest BCUT2D eigenvalue weighted by atomic mass is 9.91. The van der Waals surface area contributed by atoms with Crippen molar-refractivity contribution in [3.05, 3.63) is 29.8 Å². The Hall–Kier alpha value is -2.08. The van der Waals surface area contributed by atoms with Crippen LogP contribution in [0.2, 0.25) is 0 Å². The molecule has 2 rings (SSSR count). The zero-order valence-electron chi connectivity index (χ0n) is 20.8. The molecule has 0 aliphatic heterocycles. The van der Waals surface area contributed by atoms with Gasteiger partial charge >= 0.3 is 0 Å². The van der Waals surface area contributed by atoms with Crippen LogP contribution in [0.4, 0.5) is 0 Å². The SMILES string of the molecule is CC(C)CC(C(=O)NC(Cc1ccc(O)cc1)C(=O)NC(C)(C)C)N(C)C1CCCCC1. The first-order valence-corrected chi connectivity index (χ1v) is 12.1. The largest absolute Gasteiger partial charge is 0.508 e. The van der Waals surface area contributed by atoms with Crippen LogP contribution in [0.1, 0.15) is 78.7 Å². The van der Waals surface area contributed by atoms with Gasteiger partial charge in [0, 0.05) is 18.0 Å². The average molecular weight is 446 g/mol. The van der Waals surface area contributed by atoms with Gasteiger partial charge in [0.25, 0.3) is 0 Å². The van der Waals surface area contributed by atoms with Gasteiger partial charge in [0.15, 0.2) is 0 Å². The number of hydrogen-bond donors (Lipinski definition) is 3. The lowest BCUT2D eigenvalue weighted by Crippen LogP contribution is -2.57. The first-order chi connectivity index (χ1) is 15.0. The average Bonchev–Trinajstić information content (AvgIpc) is 2.71. The highest BCUT2D eigenvalue weighted by Crippen LogP contribution is 2.25. The van der Waals surface area contributed by atoms with E-state index in [1.807, 2.05) is 20.8 Å². The molecule has 1 fully saturated rings. The van der Waals surface area contributed by atoms with Crippen molar-refractivity contribution < 1.29 is 14.7 Å². The Balaban J connectivity index is 2.21. The van der Waals surface area contributed by atoms with Crippen LogP contribution < -0.4 is 10.6 Å². The van der Waals surface area contributed by atoms with Gasteiger partial charge in [0.05, 0.1) is 6.04 Å². The maximum Gasteiger partial charge on any atom is 0.243 e. The Kier molecular flexibility index (Phi) is 9.56. The van der Waals surface area contributed by atoms with E-state index in [4.69, 9.17) is 0 Å². The van der Waals surface area contributed by atoms with Crippen molar-refractivity contribution in [1.82, 2.24) is 15.5 Å². The molecule has 32 heavy (non-hydrogen) atoms. The highest BCUT2D eigenvalue weighted by Gasteiger charge is 2.33. The van der Waals surface area contributed by atoms with Gasteiger partial charge < -0.3 is 15.7 Å². The fourth-order valence-corrected chi connectivity index (χ4v) is 4.45. The van der Waals surface area contributed by atoms with Crippen molar-refractivity contribution in [3.8, 4) is 5.75 Å². The smallest absolute Gasteiger partial charge is 0.243 e. The molecule has 0 spiro atoms. The molecule has 0 radical (unpaired) electrons. The number of carbonyl (C=O) groups excluding carboxylic acids is 2. The second-order valence-electron chi connectivity index (χ2n) is 10.8. The van der Waals surface area contributed by atoms with Crippen LogP contribution in [-0.4, -0.2) is 52.5 Å². The molecule has 2 amide bonds. The number of amides is 2. The van der Waals surface area contributed by atoms with Gasteiger partial charge in [-0.1, -0.05) is 45.2 Å². The minimum absolute atomic E-state index is 0.0837. The molecule has 0 aromatic heterocycles. The summed E-state index contributed by atoms with van der Waals surface area (Å²) >= 11 is 0. The molecule has 0 heterocycles. The summed E-state index contributed by atoms with van der Waals surface area (Å²) in [6, 6.07) is 6.26. The highest BCUT2D eigenvalue weighted by atomic mass is 16.3. The van der Waals surface area contributed by atoms with Gasteiger partial charge in [-0.25, -0.2) is 0 Å². The topological polar surface area (TPSA) is 81.7 Å². The molecule has 2 atom stereocenters. The number of likely N-dealkylation sites (N-methyl/N-ethyl adjacent to an activating group) is 1. The number of nitrogens with zero attached hydrogens (tertiary/aromatic N) is 1. The van der Waals surface area contributed by atoms with E-state index in [9.17, 15) is 14.7 Å². The van der Waals surface area contributed by atoms with Crippen LogP contribution in [-0.2, 0) is 16.0 Å². The summed E-state index contributed by atoms with van der Waals surface area (Å²) in [5.74, 6) is 0.275. The van der Waals surface area contributed by atoms with Gasteiger partial charge in [-0.15, -0.1) is 0 Å². The zero-order chi connectivity index (χ0) is 23.9. The van der Waals surface area contributed by atoms with Crippen LogP contribution in [0.15, 0.2) is 24.3 Å². The van der Waals surface area contributed by atoms with Crippen molar-refractivity contribution >= 4 is 11.8 Å². The quantitative estimate of drug-likeness (QED) is 0.536. The number of carbonyl (C=O) groups is 2. The van der Waals surface area contributed by atoms with Crippen LogP contribution in [0.25, 0.3) is 0 Å². The Labute approximate surface area is 194 Å². The number of phenols is 1. The predicted molar refractivity (Wildman–Crippen MR) is 130 cm³/mol. The summed E-state index contributed by atoms with van der Waals surface area (Å²) in [4.78, 5) is 28.9. The second kappa shape index (κ2) is 11.7. The van der Waals surface area contributed by atoms with E-state index in [0.717, 1.165) is 24.8 Å². The summed E-state index contributed by atoms with van der Waals surface area (Å²) in [5, 5.41) is 15.7. The Bertz CT molecular complexity index is 734. The minimum Gasteiger partial charge on any atom is -0.508 e. The summed E-state index contributed by atoms with van der Waals surface area (Å²) in [5.41, 5.74) is 0.490. The van der Waals surface area contributed by atoms with Crippen molar-refractivity contribution in [1.29, 1.82) is 0 Å². The number of rotatable bonds is 9. The molecule has 1 aromatic carbocycles. The maximum atomic E-state index is 13.5. The maximum absolute atomic E-state index is 13.5. The van der Waals surface area contributed by atoms with Crippen molar-refractivity contribution in [2.75, 3.05) is 7.05 Å². The Morgan fingerprint density at radius 1 is 1.06 bits per heavy atom. The van der Waals surface area contributed by atoms with E-state index in [0.29, 0.717) is 18.4 Å². The van der Waals surface area contributed by atoms with Crippen LogP contribution in [0.5, 0.6) is 5.75 Å². The molecule has 6 nitrogen and oxygen atoms in total. The van der Waals surface area contributed by atoms with Crippen LogP contribution in [0.3, 0.4) is 0 Å². The highest BCUT2D eigenvalue weighted by molar-refractivity contribution is 5.90. The van der Waals surface area contributed by atoms with E-state index in [1.165, 1.54) is 19.3 Å². The molecule has 6 heteroatoms. The van der Waals surface area contributed by atoms with Gasteiger partial charge in [0.2, 0.25) is 11.8 Å². The van der Waals surface area contributed by atoms with E-state index < -0.39 is 11.6 Å². The van der Waals surface area contributed by atoms with E-state index in [-0.39, 0.29) is 23.6 Å². The van der Waals surface area contributed by atoms with Crippen molar-refractivity contribution in [2.45, 2.75) is 103 Å². The minimum atomic E-state index is -0.680. The standard InChI is InChI=1S/C26H43N3O3/c1-18(2)16-23(29(6)20-10-8-7-9-11-20)25(32)27-22(24(31)28-26(3,4)5)17-19-12-14-21(30)15-13-19/h12-15,18,20,22-23,30H,7-11,16-17H2,1-6H3,(H,27,32)(H,28,31). The third kappa shape index (κ3) is 8.45. The van der Waals surface area contributed by atoms with E-state index in [1.54, 1.807) is 24.3 Å². The van der Waals surface area contributed by atoms with Crippen molar-refractivity contribution in [3.63, 3.8) is 0 Å².